The van der Waals surface area contributed by atoms with Gasteiger partial charge in [-0.2, -0.15) is 0 Å². The zero-order valence-corrected chi connectivity index (χ0v) is 4.87. The van der Waals surface area contributed by atoms with Gasteiger partial charge in [0.15, 0.2) is 0 Å². The molecule has 0 aliphatic heterocycles. The van der Waals surface area contributed by atoms with Crippen LogP contribution in [0.1, 0.15) is 0 Å². The Kier molecular flexibility index (Phi) is 3.42. The van der Waals surface area contributed by atoms with Gasteiger partial charge in [0, 0.05) is 19.3 Å². The normalized spacial score (nSPS) is 9.43. The van der Waals surface area contributed by atoms with E-state index in [-0.39, 0.29) is 5.17 Å². The Bertz CT molecular complexity index is 87.7. The van der Waals surface area contributed by atoms with E-state index in [0.29, 0.717) is 0 Å². The molecule has 0 saturated heterocycles. The van der Waals surface area contributed by atoms with Crippen molar-refractivity contribution in [3.05, 3.63) is 12.3 Å². The molecule has 0 spiro atoms. The molecule has 0 unspecified atom stereocenters. The molecule has 2 nitrogen and oxygen atoms in total. The van der Waals surface area contributed by atoms with Gasteiger partial charge >= 0.3 is 0 Å². The molecule has 0 aromatic rings. The zero-order valence-electron chi connectivity index (χ0n) is 4.11. The maximum absolute atomic E-state index is 5.22. The molecule has 0 rings (SSSR count). The highest BCUT2D eigenvalue weighted by Crippen LogP contribution is 1.73. The quantitative estimate of drug-likeness (QED) is 0.455. The zero-order chi connectivity index (χ0) is 5.70. The van der Waals surface area contributed by atoms with Crippen LogP contribution >= 0.6 is 11.6 Å². The molecule has 0 aromatic heterocycles. The second-order valence-electron chi connectivity index (χ2n) is 1.01. The van der Waals surface area contributed by atoms with Crippen LogP contribution in [0, 0.1) is 0 Å². The first-order valence-electron chi connectivity index (χ1n) is 1.89. The van der Waals surface area contributed by atoms with Crippen LogP contribution in [-0.4, -0.2) is 12.2 Å². The SMILES string of the molecule is CN/C=C\C(=[NH2+])Cl. The first-order chi connectivity index (χ1) is 3.27. The molecule has 3 heteroatoms. The van der Waals surface area contributed by atoms with Gasteiger partial charge in [-0.05, 0) is 11.6 Å². The van der Waals surface area contributed by atoms with Gasteiger partial charge in [-0.25, -0.2) is 5.41 Å². The second-order valence-corrected chi connectivity index (χ2v) is 1.44. The van der Waals surface area contributed by atoms with Crippen molar-refractivity contribution in [2.75, 3.05) is 7.05 Å². The lowest BCUT2D eigenvalue weighted by Gasteiger charge is -1.77. The molecule has 0 amide bonds. The fraction of sp³-hybridized carbons (Fsp3) is 0.250. The van der Waals surface area contributed by atoms with Gasteiger partial charge in [-0.1, -0.05) is 0 Å². The van der Waals surface area contributed by atoms with Crippen LogP contribution in [0.15, 0.2) is 12.3 Å². The molecule has 0 atom stereocenters. The lowest BCUT2D eigenvalue weighted by Crippen LogP contribution is -2.34. The molecule has 0 heterocycles. The van der Waals surface area contributed by atoms with E-state index in [1.165, 1.54) is 0 Å². The molecule has 7 heavy (non-hydrogen) atoms. The van der Waals surface area contributed by atoms with Crippen LogP contribution in [0.3, 0.4) is 0 Å². The van der Waals surface area contributed by atoms with E-state index in [4.69, 9.17) is 17.0 Å². The summed E-state index contributed by atoms with van der Waals surface area (Å²) < 4.78 is 0. The van der Waals surface area contributed by atoms with E-state index < -0.39 is 0 Å². The van der Waals surface area contributed by atoms with Gasteiger partial charge in [0.2, 0.25) is 0 Å². The van der Waals surface area contributed by atoms with Crippen LogP contribution in [0.4, 0.5) is 0 Å². The third kappa shape index (κ3) is 5.50. The standard InChI is InChI=1S/C4H7ClN2/c1-7-3-2-4(5)6/h2-3,6-7H,1H3/p+1/b3-2-,6-4?. The molecule has 40 valence electrons. The number of nitrogens with two attached hydrogens (primary N) is 1. The van der Waals surface area contributed by atoms with Crippen molar-refractivity contribution in [1.82, 2.24) is 5.32 Å². The smallest absolute Gasteiger partial charge is 0.267 e. The van der Waals surface area contributed by atoms with Gasteiger partial charge in [-0.15, -0.1) is 0 Å². The average Bonchev–Trinajstić information content (AvgIpc) is 1.61. The Morgan fingerprint density at radius 2 is 2.43 bits per heavy atom. The number of hydrogen-bond donors (Lipinski definition) is 2. The summed E-state index contributed by atoms with van der Waals surface area (Å²) in [6.07, 6.45) is 3.23. The van der Waals surface area contributed by atoms with Gasteiger partial charge in [0.1, 0.15) is 0 Å². The summed E-state index contributed by atoms with van der Waals surface area (Å²) in [5.41, 5.74) is 0. The number of hydrogen-bond acceptors (Lipinski definition) is 1. The lowest BCUT2D eigenvalue weighted by atomic mass is 10.6. The molecule has 0 fully saturated rings. The van der Waals surface area contributed by atoms with E-state index in [2.05, 4.69) is 5.32 Å². The lowest BCUT2D eigenvalue weighted by molar-refractivity contribution is -0.107. The number of rotatable bonds is 2. The van der Waals surface area contributed by atoms with Crippen molar-refractivity contribution in [2.24, 2.45) is 0 Å². The summed E-state index contributed by atoms with van der Waals surface area (Å²) in [4.78, 5) is 0. The maximum atomic E-state index is 5.22. The summed E-state index contributed by atoms with van der Waals surface area (Å²) in [7, 11) is 1.77. The molecule has 3 N–H and O–H groups in total. The molecular weight excluding hydrogens is 112 g/mol. The summed E-state index contributed by atoms with van der Waals surface area (Å²) in [6.45, 7) is 0. The Morgan fingerprint density at radius 1 is 1.86 bits per heavy atom. The van der Waals surface area contributed by atoms with E-state index in [1.54, 1.807) is 19.3 Å². The van der Waals surface area contributed by atoms with Crippen molar-refractivity contribution in [2.45, 2.75) is 0 Å². The molecule has 0 saturated carbocycles. The Hall–Kier alpha value is -0.500. The van der Waals surface area contributed by atoms with E-state index >= 15 is 0 Å². The molecule has 0 radical (unpaired) electrons. The van der Waals surface area contributed by atoms with E-state index in [0.717, 1.165) is 0 Å². The number of halogens is 1. The number of allylic oxidation sites excluding steroid dienone is 1. The van der Waals surface area contributed by atoms with E-state index in [1.807, 2.05) is 0 Å². The molecule has 0 aromatic carbocycles. The third-order valence-electron chi connectivity index (χ3n) is 0.409. The Morgan fingerprint density at radius 3 is 2.57 bits per heavy atom. The fourth-order valence-electron chi connectivity index (χ4n) is 0.163. The summed E-state index contributed by atoms with van der Waals surface area (Å²) in [6, 6.07) is 0. The maximum Gasteiger partial charge on any atom is 0.267 e. The molecular formula is C4H8ClN2+. The predicted molar refractivity (Wildman–Crippen MR) is 31.0 cm³/mol. The van der Waals surface area contributed by atoms with Crippen LogP contribution in [0.5, 0.6) is 0 Å². The number of nitrogens with one attached hydrogen (secondary N) is 1. The Balaban J connectivity index is 3.26. The van der Waals surface area contributed by atoms with Crippen molar-refractivity contribution in [3.8, 4) is 0 Å². The van der Waals surface area contributed by atoms with Gasteiger partial charge < -0.3 is 5.32 Å². The summed E-state index contributed by atoms with van der Waals surface area (Å²) >= 11 is 5.22. The van der Waals surface area contributed by atoms with Gasteiger partial charge in [-0.3, -0.25) is 0 Å². The van der Waals surface area contributed by atoms with Crippen molar-refractivity contribution < 1.29 is 5.41 Å². The highest BCUT2D eigenvalue weighted by Gasteiger charge is 1.81. The molecule has 0 bridgehead atoms. The first kappa shape index (κ1) is 6.50. The van der Waals surface area contributed by atoms with Crippen LogP contribution in [0.2, 0.25) is 0 Å². The third-order valence-corrected chi connectivity index (χ3v) is 0.535. The Labute approximate surface area is 47.7 Å². The van der Waals surface area contributed by atoms with Crippen LogP contribution in [-0.2, 0) is 0 Å². The molecule has 0 aliphatic carbocycles. The summed E-state index contributed by atoms with van der Waals surface area (Å²) in [5.74, 6) is 0. The minimum absolute atomic E-state index is 0.286. The average molecular weight is 120 g/mol. The van der Waals surface area contributed by atoms with Gasteiger partial charge in [0.05, 0.1) is 0 Å². The van der Waals surface area contributed by atoms with Crippen molar-refractivity contribution in [1.29, 1.82) is 0 Å². The molecule has 0 aliphatic rings. The minimum atomic E-state index is 0.286. The van der Waals surface area contributed by atoms with Crippen molar-refractivity contribution in [3.63, 3.8) is 0 Å². The van der Waals surface area contributed by atoms with Gasteiger partial charge in [0.25, 0.3) is 5.17 Å². The highest BCUT2D eigenvalue weighted by atomic mass is 35.5. The van der Waals surface area contributed by atoms with E-state index in [9.17, 15) is 0 Å². The highest BCUT2D eigenvalue weighted by molar-refractivity contribution is 6.66. The van der Waals surface area contributed by atoms with Crippen LogP contribution < -0.4 is 10.7 Å². The largest absolute Gasteiger partial charge is 0.394 e. The predicted octanol–water partition coefficient (Wildman–Crippen LogP) is -0.884. The topological polar surface area (TPSA) is 37.6 Å². The summed E-state index contributed by atoms with van der Waals surface area (Å²) in [5, 5.41) is 8.05. The fourth-order valence-corrected chi connectivity index (χ4v) is 0.226. The van der Waals surface area contributed by atoms with Crippen molar-refractivity contribution >= 4 is 16.8 Å². The van der Waals surface area contributed by atoms with Crippen LogP contribution in [0.25, 0.3) is 0 Å². The minimum Gasteiger partial charge on any atom is -0.394 e. The monoisotopic (exact) mass is 119 g/mol. The first-order valence-corrected chi connectivity index (χ1v) is 2.27. The second kappa shape index (κ2) is 3.68.